The zero-order valence-corrected chi connectivity index (χ0v) is 16.1. The van der Waals surface area contributed by atoms with Crippen LogP contribution in [0.1, 0.15) is 10.4 Å². The topological polar surface area (TPSA) is 76.1 Å². The van der Waals surface area contributed by atoms with Crippen molar-refractivity contribution in [3.05, 3.63) is 54.1 Å². The molecule has 0 saturated carbocycles. The molecule has 1 heterocycles. The van der Waals surface area contributed by atoms with E-state index in [1.165, 1.54) is 34.5 Å². The molecule has 0 spiro atoms. The fourth-order valence-electron chi connectivity index (χ4n) is 2.90. The standard InChI is InChI=1S/C19H22N2O5S/c1-20(15-6-4-3-5-7-15)19(22)17-14-16(8-9-18(17)25-2)27(23,24)21-10-12-26-13-11-21/h3-9,14H,10-13H2,1-2H3. The SMILES string of the molecule is COc1ccc(S(=O)(=O)N2CCOCC2)cc1C(=O)N(C)c1ccccc1. The second-order valence-electron chi connectivity index (χ2n) is 6.08. The quantitative estimate of drug-likeness (QED) is 0.780. The normalized spacial score (nSPS) is 15.3. The summed E-state index contributed by atoms with van der Waals surface area (Å²) in [6, 6.07) is 13.5. The van der Waals surface area contributed by atoms with Crippen molar-refractivity contribution in [2.45, 2.75) is 4.90 Å². The van der Waals surface area contributed by atoms with Crippen molar-refractivity contribution >= 4 is 21.6 Å². The number of nitrogens with zero attached hydrogens (tertiary/aromatic N) is 2. The van der Waals surface area contributed by atoms with Crippen LogP contribution in [0.2, 0.25) is 0 Å². The third-order valence-corrected chi connectivity index (χ3v) is 6.35. The van der Waals surface area contributed by atoms with Crippen molar-refractivity contribution in [1.29, 1.82) is 0 Å². The van der Waals surface area contributed by atoms with Gasteiger partial charge in [0, 0.05) is 25.8 Å². The van der Waals surface area contributed by atoms with Gasteiger partial charge in [0.15, 0.2) is 0 Å². The first kappa shape index (κ1) is 19.3. The highest BCUT2D eigenvalue weighted by Crippen LogP contribution is 2.27. The number of morpholine rings is 1. The van der Waals surface area contributed by atoms with Gasteiger partial charge in [-0.15, -0.1) is 0 Å². The minimum absolute atomic E-state index is 0.0648. The summed E-state index contributed by atoms with van der Waals surface area (Å²) in [5, 5.41) is 0. The molecular formula is C19H22N2O5S. The number of hydrogen-bond acceptors (Lipinski definition) is 5. The Hall–Kier alpha value is -2.42. The highest BCUT2D eigenvalue weighted by molar-refractivity contribution is 7.89. The summed E-state index contributed by atoms with van der Waals surface area (Å²) in [5.74, 6) is -0.0270. The number of amides is 1. The van der Waals surface area contributed by atoms with E-state index in [2.05, 4.69) is 0 Å². The van der Waals surface area contributed by atoms with E-state index in [1.807, 2.05) is 18.2 Å². The Morgan fingerprint density at radius 3 is 2.41 bits per heavy atom. The van der Waals surface area contributed by atoms with E-state index in [9.17, 15) is 13.2 Å². The number of methoxy groups -OCH3 is 1. The van der Waals surface area contributed by atoms with E-state index in [1.54, 1.807) is 19.2 Å². The first-order valence-electron chi connectivity index (χ1n) is 8.54. The predicted molar refractivity (Wildman–Crippen MR) is 102 cm³/mol. The molecule has 27 heavy (non-hydrogen) atoms. The molecule has 1 aliphatic rings. The molecule has 2 aromatic carbocycles. The number of hydrogen-bond donors (Lipinski definition) is 0. The van der Waals surface area contributed by atoms with Crippen LogP contribution in [0.15, 0.2) is 53.4 Å². The van der Waals surface area contributed by atoms with E-state index < -0.39 is 10.0 Å². The first-order chi connectivity index (χ1) is 12.9. The van der Waals surface area contributed by atoms with Crippen molar-refractivity contribution < 1.29 is 22.7 Å². The van der Waals surface area contributed by atoms with Crippen LogP contribution < -0.4 is 9.64 Å². The molecule has 0 aromatic heterocycles. The van der Waals surface area contributed by atoms with Gasteiger partial charge in [0.1, 0.15) is 5.75 Å². The monoisotopic (exact) mass is 390 g/mol. The summed E-state index contributed by atoms with van der Waals surface area (Å²) < 4.78 is 37.7. The summed E-state index contributed by atoms with van der Waals surface area (Å²) in [7, 11) is -0.618. The number of carbonyl (C=O) groups is 1. The third kappa shape index (κ3) is 3.97. The van der Waals surface area contributed by atoms with Gasteiger partial charge in [-0.1, -0.05) is 18.2 Å². The van der Waals surface area contributed by atoms with Gasteiger partial charge in [-0.2, -0.15) is 4.31 Å². The maximum absolute atomic E-state index is 13.0. The lowest BCUT2D eigenvalue weighted by Gasteiger charge is -2.26. The lowest BCUT2D eigenvalue weighted by molar-refractivity contribution is 0.0730. The minimum Gasteiger partial charge on any atom is -0.496 e. The van der Waals surface area contributed by atoms with Crippen LogP contribution in [-0.2, 0) is 14.8 Å². The van der Waals surface area contributed by atoms with Gasteiger partial charge in [0.2, 0.25) is 10.0 Å². The molecule has 3 rings (SSSR count). The molecule has 2 aromatic rings. The van der Waals surface area contributed by atoms with Gasteiger partial charge in [-0.3, -0.25) is 4.79 Å². The maximum atomic E-state index is 13.0. The number of carbonyl (C=O) groups excluding carboxylic acids is 1. The van der Waals surface area contributed by atoms with Gasteiger partial charge in [-0.05, 0) is 30.3 Å². The molecule has 0 radical (unpaired) electrons. The molecule has 0 unspecified atom stereocenters. The molecule has 7 nitrogen and oxygen atoms in total. The molecule has 0 bridgehead atoms. The van der Waals surface area contributed by atoms with Crippen molar-refractivity contribution in [1.82, 2.24) is 4.31 Å². The van der Waals surface area contributed by atoms with Gasteiger partial charge >= 0.3 is 0 Å². The molecule has 0 atom stereocenters. The summed E-state index contributed by atoms with van der Waals surface area (Å²) >= 11 is 0. The summed E-state index contributed by atoms with van der Waals surface area (Å²) in [6.07, 6.45) is 0. The Morgan fingerprint density at radius 1 is 1.11 bits per heavy atom. The van der Waals surface area contributed by atoms with Crippen molar-refractivity contribution in [3.63, 3.8) is 0 Å². The molecule has 1 aliphatic heterocycles. The zero-order chi connectivity index (χ0) is 19.4. The largest absolute Gasteiger partial charge is 0.496 e. The number of rotatable bonds is 5. The molecule has 0 aliphatic carbocycles. The molecule has 1 fully saturated rings. The smallest absolute Gasteiger partial charge is 0.261 e. The van der Waals surface area contributed by atoms with Crippen LogP contribution >= 0.6 is 0 Å². The average Bonchev–Trinajstić information content (AvgIpc) is 2.73. The molecular weight excluding hydrogens is 368 g/mol. The van der Waals surface area contributed by atoms with Crippen molar-refractivity contribution in [3.8, 4) is 5.75 Å². The van der Waals surface area contributed by atoms with Crippen molar-refractivity contribution in [2.75, 3.05) is 45.4 Å². The summed E-state index contributed by atoms with van der Waals surface area (Å²) in [4.78, 5) is 14.5. The molecule has 1 amide bonds. The number of ether oxygens (including phenoxy) is 2. The van der Waals surface area contributed by atoms with Crippen LogP contribution in [0.3, 0.4) is 0 Å². The highest BCUT2D eigenvalue weighted by atomic mass is 32.2. The lowest BCUT2D eigenvalue weighted by atomic mass is 10.1. The zero-order valence-electron chi connectivity index (χ0n) is 15.3. The molecule has 144 valence electrons. The Bertz CT molecular complexity index is 909. The van der Waals surface area contributed by atoms with Gasteiger partial charge in [-0.25, -0.2) is 8.42 Å². The fraction of sp³-hybridized carbons (Fsp3) is 0.316. The number of para-hydroxylation sites is 1. The Labute approximate surface area is 159 Å². The molecule has 1 saturated heterocycles. The van der Waals surface area contributed by atoms with Crippen LogP contribution in [0.25, 0.3) is 0 Å². The van der Waals surface area contributed by atoms with Gasteiger partial charge in [0.25, 0.3) is 5.91 Å². The van der Waals surface area contributed by atoms with E-state index in [0.717, 1.165) is 0 Å². The second kappa shape index (κ2) is 8.08. The minimum atomic E-state index is -3.71. The Morgan fingerprint density at radius 2 is 1.78 bits per heavy atom. The molecule has 8 heteroatoms. The maximum Gasteiger partial charge on any atom is 0.261 e. The van der Waals surface area contributed by atoms with Gasteiger partial charge in [0.05, 0.1) is 30.8 Å². The highest BCUT2D eigenvalue weighted by Gasteiger charge is 2.28. The van der Waals surface area contributed by atoms with Crippen LogP contribution in [0.5, 0.6) is 5.75 Å². The van der Waals surface area contributed by atoms with Crippen LogP contribution in [-0.4, -0.2) is 59.1 Å². The third-order valence-electron chi connectivity index (χ3n) is 4.46. The summed E-state index contributed by atoms with van der Waals surface area (Å²) in [5.41, 5.74) is 0.893. The Kier molecular flexibility index (Phi) is 5.79. The number of anilines is 1. The van der Waals surface area contributed by atoms with Crippen LogP contribution in [0, 0.1) is 0 Å². The van der Waals surface area contributed by atoms with Crippen LogP contribution in [0.4, 0.5) is 5.69 Å². The van der Waals surface area contributed by atoms with E-state index in [-0.39, 0.29) is 16.4 Å². The first-order valence-corrected chi connectivity index (χ1v) is 9.98. The van der Waals surface area contributed by atoms with Crippen molar-refractivity contribution in [2.24, 2.45) is 0 Å². The van der Waals surface area contributed by atoms with E-state index in [0.29, 0.717) is 37.7 Å². The van der Waals surface area contributed by atoms with Gasteiger partial charge < -0.3 is 14.4 Å². The lowest BCUT2D eigenvalue weighted by Crippen LogP contribution is -2.40. The molecule has 0 N–H and O–H groups in total. The summed E-state index contributed by atoms with van der Waals surface area (Å²) in [6.45, 7) is 1.30. The van der Waals surface area contributed by atoms with E-state index in [4.69, 9.17) is 9.47 Å². The second-order valence-corrected chi connectivity index (χ2v) is 8.02. The van der Waals surface area contributed by atoms with E-state index >= 15 is 0 Å². The Balaban J connectivity index is 1.97. The predicted octanol–water partition coefficient (Wildman–Crippen LogP) is 1.99. The average molecular weight is 390 g/mol. The fourth-order valence-corrected chi connectivity index (χ4v) is 4.33. The number of benzene rings is 2. The number of sulfonamides is 1.